The van der Waals surface area contributed by atoms with Crippen molar-refractivity contribution in [3.63, 3.8) is 0 Å². The summed E-state index contributed by atoms with van der Waals surface area (Å²) in [7, 11) is 1.46. The molecule has 62 valence electrons. The Bertz CT molecular complexity index is 299. The number of imidazole rings is 1. The number of hydrogen-bond donors (Lipinski definition) is 2. The third-order valence-corrected chi connectivity index (χ3v) is 1.33. The van der Waals surface area contributed by atoms with Gasteiger partial charge in [-0.25, -0.2) is 4.79 Å². The van der Waals surface area contributed by atoms with Gasteiger partial charge in [-0.15, -0.1) is 0 Å². The van der Waals surface area contributed by atoms with Gasteiger partial charge in [0.1, 0.15) is 0 Å². The van der Waals surface area contributed by atoms with Crippen molar-refractivity contribution in [3.05, 3.63) is 10.5 Å². The Morgan fingerprint density at radius 2 is 2.36 bits per heavy atom. The Hall–Kier alpha value is -1.39. The van der Waals surface area contributed by atoms with Crippen molar-refractivity contribution in [2.45, 2.75) is 6.92 Å². The Balaban J connectivity index is 3.08. The zero-order valence-electron chi connectivity index (χ0n) is 6.42. The molecule has 0 aromatic carbocycles. The first-order chi connectivity index (χ1) is 5.16. The molecule has 0 atom stereocenters. The highest BCUT2D eigenvalue weighted by Gasteiger charge is 2.09. The van der Waals surface area contributed by atoms with Crippen LogP contribution in [0.1, 0.15) is 6.92 Å². The molecule has 1 aromatic rings. The maximum Gasteiger partial charge on any atom is 0.331 e. The topological polar surface area (TPSA) is 67.2 Å². The second kappa shape index (κ2) is 2.69. The summed E-state index contributed by atoms with van der Waals surface area (Å²) in [6, 6.07) is 0. The smallest absolute Gasteiger partial charge is 0.331 e. The van der Waals surface area contributed by atoms with Gasteiger partial charge in [0.05, 0.1) is 6.61 Å². The van der Waals surface area contributed by atoms with E-state index >= 15 is 0 Å². The first-order valence-corrected chi connectivity index (χ1v) is 3.27. The van der Waals surface area contributed by atoms with Crippen LogP contribution >= 0.6 is 0 Å². The van der Waals surface area contributed by atoms with Gasteiger partial charge in [0.25, 0.3) is 11.8 Å². The van der Waals surface area contributed by atoms with Crippen molar-refractivity contribution in [3.8, 4) is 11.8 Å². The highest BCUT2D eigenvalue weighted by atomic mass is 16.5. The van der Waals surface area contributed by atoms with Crippen molar-refractivity contribution in [2.75, 3.05) is 6.61 Å². The molecule has 5 nitrogen and oxygen atoms in total. The van der Waals surface area contributed by atoms with Gasteiger partial charge in [-0.2, -0.15) is 0 Å². The van der Waals surface area contributed by atoms with Gasteiger partial charge in [-0.1, -0.05) is 0 Å². The van der Waals surface area contributed by atoms with Crippen LogP contribution in [0, 0.1) is 0 Å². The normalized spacial score (nSPS) is 10.0. The molecular weight excluding hydrogens is 148 g/mol. The minimum atomic E-state index is -0.383. The Kier molecular flexibility index (Phi) is 1.89. The molecule has 0 saturated heterocycles. The minimum absolute atomic E-state index is 0.125. The molecule has 0 amide bonds. The Morgan fingerprint density at radius 1 is 1.73 bits per heavy atom. The molecule has 0 fully saturated rings. The number of nitrogens with one attached hydrogen (secondary N) is 1. The van der Waals surface area contributed by atoms with Gasteiger partial charge >= 0.3 is 5.69 Å². The molecule has 0 aliphatic carbocycles. The van der Waals surface area contributed by atoms with E-state index in [1.54, 1.807) is 6.92 Å². The van der Waals surface area contributed by atoms with Gasteiger partial charge in [-0.05, 0) is 6.92 Å². The first-order valence-electron chi connectivity index (χ1n) is 3.27. The van der Waals surface area contributed by atoms with Crippen molar-refractivity contribution in [2.24, 2.45) is 7.05 Å². The maximum atomic E-state index is 10.8. The summed E-state index contributed by atoms with van der Waals surface area (Å²) in [5.41, 5.74) is -0.383. The molecule has 5 heteroatoms. The number of rotatable bonds is 2. The van der Waals surface area contributed by atoms with Crippen molar-refractivity contribution in [1.29, 1.82) is 0 Å². The average Bonchev–Trinajstić information content (AvgIpc) is 2.19. The number of hydrogen-bond acceptors (Lipinski definition) is 3. The molecule has 0 radical (unpaired) electrons. The highest BCUT2D eigenvalue weighted by molar-refractivity contribution is 5.24. The second-order valence-electron chi connectivity index (χ2n) is 2.07. The van der Waals surface area contributed by atoms with E-state index in [1.165, 1.54) is 7.05 Å². The molecule has 0 saturated carbocycles. The van der Waals surface area contributed by atoms with Crippen LogP contribution in [0.5, 0.6) is 11.8 Å². The summed E-state index contributed by atoms with van der Waals surface area (Å²) in [4.78, 5) is 13.2. The zero-order chi connectivity index (χ0) is 8.43. The lowest BCUT2D eigenvalue weighted by Gasteiger charge is -1.97. The molecule has 0 bridgehead atoms. The number of aromatic amines is 1. The molecular formula is C6H10N2O3. The third kappa shape index (κ3) is 1.21. The fraction of sp³-hybridized carbons (Fsp3) is 0.500. The minimum Gasteiger partial charge on any atom is -0.491 e. The van der Waals surface area contributed by atoms with Crippen LogP contribution in [0.25, 0.3) is 0 Å². The third-order valence-electron chi connectivity index (χ3n) is 1.33. The van der Waals surface area contributed by atoms with Crippen LogP contribution < -0.4 is 10.4 Å². The van der Waals surface area contributed by atoms with Crippen LogP contribution in [-0.4, -0.2) is 21.3 Å². The molecule has 0 aliphatic rings. The lowest BCUT2D eigenvalue weighted by molar-refractivity contribution is 0.302. The van der Waals surface area contributed by atoms with E-state index in [-0.39, 0.29) is 17.4 Å². The van der Waals surface area contributed by atoms with Gasteiger partial charge in [0.15, 0.2) is 0 Å². The number of aromatic nitrogens is 2. The van der Waals surface area contributed by atoms with Gasteiger partial charge in [0.2, 0.25) is 0 Å². The lowest BCUT2D eigenvalue weighted by Crippen LogP contribution is -2.11. The molecule has 1 heterocycles. The Labute approximate surface area is 63.2 Å². The van der Waals surface area contributed by atoms with Crippen LogP contribution in [0.4, 0.5) is 0 Å². The summed E-state index contributed by atoms with van der Waals surface area (Å²) in [5.74, 6) is -0.0446. The first kappa shape index (κ1) is 7.71. The van der Waals surface area contributed by atoms with E-state index in [2.05, 4.69) is 4.98 Å². The van der Waals surface area contributed by atoms with Gasteiger partial charge < -0.3 is 9.84 Å². The summed E-state index contributed by atoms with van der Waals surface area (Å²) in [6.07, 6.45) is 0. The standard InChI is InChI=1S/C6H10N2O3/c1-3-11-4-5(9)8(2)6(10)7-4/h9H,3H2,1-2H3,(H,7,10). The van der Waals surface area contributed by atoms with Crippen molar-refractivity contribution >= 4 is 0 Å². The molecule has 1 rings (SSSR count). The van der Waals surface area contributed by atoms with E-state index in [1.807, 2.05) is 0 Å². The lowest BCUT2D eigenvalue weighted by atomic mass is 10.7. The molecule has 1 aromatic heterocycles. The van der Waals surface area contributed by atoms with Gasteiger partial charge in [0, 0.05) is 7.05 Å². The maximum absolute atomic E-state index is 10.8. The molecule has 11 heavy (non-hydrogen) atoms. The largest absolute Gasteiger partial charge is 0.491 e. The van der Waals surface area contributed by atoms with E-state index in [0.717, 1.165) is 4.57 Å². The highest BCUT2D eigenvalue weighted by Crippen LogP contribution is 2.18. The van der Waals surface area contributed by atoms with E-state index in [9.17, 15) is 4.79 Å². The average molecular weight is 158 g/mol. The van der Waals surface area contributed by atoms with Crippen LogP contribution in [0.2, 0.25) is 0 Å². The van der Waals surface area contributed by atoms with Gasteiger partial charge in [-0.3, -0.25) is 9.55 Å². The van der Waals surface area contributed by atoms with E-state index in [4.69, 9.17) is 9.84 Å². The van der Waals surface area contributed by atoms with E-state index in [0.29, 0.717) is 6.61 Å². The van der Waals surface area contributed by atoms with Crippen molar-refractivity contribution < 1.29 is 9.84 Å². The van der Waals surface area contributed by atoms with Crippen LogP contribution in [0.15, 0.2) is 4.79 Å². The number of nitrogens with zero attached hydrogens (tertiary/aromatic N) is 1. The SMILES string of the molecule is CCOc1[nH]c(=O)n(C)c1O. The summed E-state index contributed by atoms with van der Waals surface area (Å²) >= 11 is 0. The molecule has 0 spiro atoms. The molecule has 0 unspecified atom stereocenters. The Morgan fingerprint density at radius 3 is 2.73 bits per heavy atom. The predicted molar refractivity (Wildman–Crippen MR) is 38.9 cm³/mol. The van der Waals surface area contributed by atoms with E-state index < -0.39 is 0 Å². The van der Waals surface area contributed by atoms with Crippen LogP contribution in [0.3, 0.4) is 0 Å². The number of ether oxygens (including phenoxy) is 1. The summed E-state index contributed by atoms with van der Waals surface area (Å²) in [6.45, 7) is 2.18. The number of H-pyrrole nitrogens is 1. The zero-order valence-corrected chi connectivity index (χ0v) is 6.42. The number of aromatic hydroxyl groups is 1. The van der Waals surface area contributed by atoms with Crippen LogP contribution in [-0.2, 0) is 7.05 Å². The fourth-order valence-electron chi connectivity index (χ4n) is 0.730. The monoisotopic (exact) mass is 158 g/mol. The summed E-state index contributed by atoms with van der Waals surface area (Å²) in [5, 5.41) is 9.16. The quantitative estimate of drug-likeness (QED) is 0.627. The fourth-order valence-corrected chi connectivity index (χ4v) is 0.730. The second-order valence-corrected chi connectivity index (χ2v) is 2.07. The molecule has 0 aliphatic heterocycles. The van der Waals surface area contributed by atoms with Crippen molar-refractivity contribution in [1.82, 2.24) is 9.55 Å². The molecule has 2 N–H and O–H groups in total. The predicted octanol–water partition coefficient (Wildman–Crippen LogP) is -0.182. The summed E-state index contributed by atoms with van der Waals surface area (Å²) < 4.78 is 5.99.